The van der Waals surface area contributed by atoms with E-state index in [1.54, 1.807) is 0 Å². The molecule has 2 atom stereocenters. The first-order valence-electron chi connectivity index (χ1n) is 6.49. The summed E-state index contributed by atoms with van der Waals surface area (Å²) in [6, 6.07) is 12.4. The summed E-state index contributed by atoms with van der Waals surface area (Å²) in [6.07, 6.45) is 0.133. The lowest BCUT2D eigenvalue weighted by Gasteiger charge is -2.18. The van der Waals surface area contributed by atoms with Crippen LogP contribution in [0.15, 0.2) is 46.9 Å². The summed E-state index contributed by atoms with van der Waals surface area (Å²) in [6.45, 7) is 0. The van der Waals surface area contributed by atoms with Crippen LogP contribution in [0.5, 0.6) is 5.75 Å². The van der Waals surface area contributed by atoms with Gasteiger partial charge in [-0.1, -0.05) is 34.1 Å². The molecule has 0 fully saturated rings. The van der Waals surface area contributed by atoms with Crippen LogP contribution >= 0.6 is 15.9 Å². The fraction of sp³-hybridized carbons (Fsp3) is 0.250. The molecule has 0 aliphatic carbocycles. The summed E-state index contributed by atoms with van der Waals surface area (Å²) in [4.78, 5) is 0. The molecule has 0 saturated carbocycles. The molecule has 0 radical (unpaired) electrons. The zero-order valence-corrected chi connectivity index (χ0v) is 12.3. The third-order valence-corrected chi connectivity index (χ3v) is 3.93. The highest BCUT2D eigenvalue weighted by atomic mass is 79.9. The molecule has 2 nitrogen and oxygen atoms in total. The van der Waals surface area contributed by atoms with Gasteiger partial charge in [0.15, 0.2) is 0 Å². The van der Waals surface area contributed by atoms with Crippen LogP contribution in [-0.2, 0) is 12.8 Å². The first-order chi connectivity index (χ1) is 9.61. The Morgan fingerprint density at radius 2 is 2.10 bits per heavy atom. The third-order valence-electron chi connectivity index (χ3n) is 3.47. The van der Waals surface area contributed by atoms with Gasteiger partial charge in [-0.2, -0.15) is 0 Å². The zero-order chi connectivity index (χ0) is 14.1. The van der Waals surface area contributed by atoms with Crippen molar-refractivity contribution in [1.29, 1.82) is 0 Å². The van der Waals surface area contributed by atoms with Crippen LogP contribution in [0, 0.1) is 5.82 Å². The minimum Gasteiger partial charge on any atom is -0.487 e. The van der Waals surface area contributed by atoms with Crippen molar-refractivity contribution in [3.05, 3.63) is 63.9 Å². The van der Waals surface area contributed by atoms with E-state index in [-0.39, 0.29) is 11.9 Å². The lowest BCUT2D eigenvalue weighted by atomic mass is 10.0. The first kappa shape index (κ1) is 13.6. The van der Waals surface area contributed by atoms with Crippen molar-refractivity contribution in [1.82, 2.24) is 0 Å². The summed E-state index contributed by atoms with van der Waals surface area (Å²) >= 11 is 3.26. The maximum absolute atomic E-state index is 13.3. The van der Waals surface area contributed by atoms with Crippen molar-refractivity contribution in [2.24, 2.45) is 0 Å². The van der Waals surface area contributed by atoms with Crippen LogP contribution in [0.1, 0.15) is 11.1 Å². The number of halogens is 2. The largest absolute Gasteiger partial charge is 0.487 e. The normalized spacial score (nSPS) is 18.4. The van der Waals surface area contributed by atoms with E-state index in [1.165, 1.54) is 12.1 Å². The smallest absolute Gasteiger partial charge is 0.129 e. The average molecular weight is 337 g/mol. The molecule has 20 heavy (non-hydrogen) atoms. The Morgan fingerprint density at radius 3 is 2.85 bits per heavy atom. The summed E-state index contributed by atoms with van der Waals surface area (Å²) in [5.74, 6) is 0.522. The highest BCUT2D eigenvalue weighted by Gasteiger charge is 2.29. The molecule has 3 rings (SSSR count). The number of rotatable bonds is 3. The molecule has 2 unspecified atom stereocenters. The number of ether oxygens (including phenoxy) is 1. The highest BCUT2D eigenvalue weighted by Crippen LogP contribution is 2.30. The van der Waals surface area contributed by atoms with Crippen molar-refractivity contribution < 1.29 is 14.2 Å². The molecule has 0 amide bonds. The summed E-state index contributed by atoms with van der Waals surface area (Å²) in [5.41, 5.74) is 1.86. The minimum absolute atomic E-state index is 0.269. The van der Waals surface area contributed by atoms with Gasteiger partial charge in [0.25, 0.3) is 0 Å². The fourth-order valence-corrected chi connectivity index (χ4v) is 3.04. The Balaban J connectivity index is 1.70. The number of aliphatic hydroxyl groups is 1. The van der Waals surface area contributed by atoms with E-state index < -0.39 is 6.10 Å². The molecular weight excluding hydrogens is 323 g/mol. The molecule has 0 aromatic heterocycles. The van der Waals surface area contributed by atoms with E-state index in [0.29, 0.717) is 17.3 Å². The van der Waals surface area contributed by atoms with Crippen LogP contribution in [0.4, 0.5) is 4.39 Å². The van der Waals surface area contributed by atoms with Crippen LogP contribution in [0.3, 0.4) is 0 Å². The lowest BCUT2D eigenvalue weighted by Crippen LogP contribution is -2.32. The number of fused-ring (bicyclic) bond motifs is 1. The molecule has 0 spiro atoms. The maximum Gasteiger partial charge on any atom is 0.129 e. The Labute approximate surface area is 125 Å². The van der Waals surface area contributed by atoms with Crippen LogP contribution in [-0.4, -0.2) is 17.3 Å². The number of benzene rings is 2. The third kappa shape index (κ3) is 2.86. The van der Waals surface area contributed by atoms with Crippen molar-refractivity contribution in [3.8, 4) is 5.75 Å². The van der Waals surface area contributed by atoms with Gasteiger partial charge in [-0.25, -0.2) is 4.39 Å². The van der Waals surface area contributed by atoms with Gasteiger partial charge in [0.1, 0.15) is 17.7 Å². The van der Waals surface area contributed by atoms with Gasteiger partial charge < -0.3 is 9.84 Å². The van der Waals surface area contributed by atoms with Crippen molar-refractivity contribution >= 4 is 15.9 Å². The monoisotopic (exact) mass is 336 g/mol. The zero-order valence-electron chi connectivity index (χ0n) is 10.7. The van der Waals surface area contributed by atoms with Gasteiger partial charge in [-0.15, -0.1) is 0 Å². The number of hydrogen-bond acceptors (Lipinski definition) is 2. The Kier molecular flexibility index (Phi) is 3.76. The van der Waals surface area contributed by atoms with Crippen LogP contribution in [0.25, 0.3) is 0 Å². The van der Waals surface area contributed by atoms with Gasteiger partial charge in [0.2, 0.25) is 0 Å². The van der Waals surface area contributed by atoms with Crippen LogP contribution < -0.4 is 4.74 Å². The highest BCUT2D eigenvalue weighted by molar-refractivity contribution is 9.10. The van der Waals surface area contributed by atoms with E-state index in [2.05, 4.69) is 15.9 Å². The van der Waals surface area contributed by atoms with Gasteiger partial charge in [0, 0.05) is 17.3 Å². The fourth-order valence-electron chi connectivity index (χ4n) is 2.53. The summed E-state index contributed by atoms with van der Waals surface area (Å²) in [7, 11) is 0. The molecule has 104 valence electrons. The molecule has 1 N–H and O–H groups in total. The predicted molar refractivity (Wildman–Crippen MR) is 78.4 cm³/mol. The average Bonchev–Trinajstić information content (AvgIpc) is 2.81. The van der Waals surface area contributed by atoms with Crippen molar-refractivity contribution in [2.45, 2.75) is 25.0 Å². The van der Waals surface area contributed by atoms with E-state index >= 15 is 0 Å². The molecule has 0 bridgehead atoms. The SMILES string of the molecule is OC(Cc1cc(F)cc(Br)c1)C1Cc2ccccc2O1. The molecule has 1 heterocycles. The maximum atomic E-state index is 13.3. The molecular formula is C16H14BrFO2. The minimum atomic E-state index is -0.656. The van der Waals surface area contributed by atoms with E-state index in [9.17, 15) is 9.50 Å². The van der Waals surface area contributed by atoms with Crippen LogP contribution in [0.2, 0.25) is 0 Å². The first-order valence-corrected chi connectivity index (χ1v) is 7.29. The summed E-state index contributed by atoms with van der Waals surface area (Å²) in [5, 5.41) is 10.3. The van der Waals surface area contributed by atoms with Gasteiger partial charge >= 0.3 is 0 Å². The molecule has 1 aliphatic rings. The molecule has 4 heteroatoms. The quantitative estimate of drug-likeness (QED) is 0.929. The molecule has 2 aromatic rings. The Hall–Kier alpha value is -1.39. The Bertz CT molecular complexity index is 584. The topological polar surface area (TPSA) is 29.5 Å². The molecule has 2 aromatic carbocycles. The lowest BCUT2D eigenvalue weighted by molar-refractivity contribution is 0.0502. The summed E-state index contributed by atoms with van der Waals surface area (Å²) < 4.78 is 19.7. The van der Waals surface area contributed by atoms with Gasteiger partial charge in [-0.3, -0.25) is 0 Å². The Morgan fingerprint density at radius 1 is 1.30 bits per heavy atom. The van der Waals surface area contributed by atoms with E-state index in [4.69, 9.17) is 4.74 Å². The second kappa shape index (κ2) is 5.54. The van der Waals surface area contributed by atoms with Gasteiger partial charge in [-0.05, 0) is 35.4 Å². The number of hydrogen-bond donors (Lipinski definition) is 1. The molecule has 0 saturated heterocycles. The van der Waals surface area contributed by atoms with Crippen molar-refractivity contribution in [2.75, 3.05) is 0 Å². The van der Waals surface area contributed by atoms with E-state index in [0.717, 1.165) is 16.9 Å². The van der Waals surface area contributed by atoms with Gasteiger partial charge in [0.05, 0.1) is 6.10 Å². The molecule has 1 aliphatic heterocycles. The van der Waals surface area contributed by atoms with Crippen molar-refractivity contribution in [3.63, 3.8) is 0 Å². The second-order valence-electron chi connectivity index (χ2n) is 5.02. The predicted octanol–water partition coefficient (Wildman–Crippen LogP) is 3.50. The second-order valence-corrected chi connectivity index (χ2v) is 5.93. The number of para-hydroxylation sites is 1. The standard InChI is InChI=1S/C16H14BrFO2/c17-12-5-10(6-13(18)9-12)7-14(19)16-8-11-3-1-2-4-15(11)20-16/h1-6,9,14,16,19H,7-8H2. The van der Waals surface area contributed by atoms with E-state index in [1.807, 2.05) is 30.3 Å². The number of aliphatic hydroxyl groups excluding tert-OH is 1.